The monoisotopic (exact) mass is 270 g/mol. The predicted octanol–water partition coefficient (Wildman–Crippen LogP) is 1.11. The van der Waals surface area contributed by atoms with E-state index in [4.69, 9.17) is 9.84 Å². The Morgan fingerprint density at radius 1 is 1.32 bits per heavy atom. The van der Waals surface area contributed by atoms with Gasteiger partial charge < -0.3 is 20.5 Å². The average molecular weight is 270 g/mol. The van der Waals surface area contributed by atoms with Crippen LogP contribution in [-0.4, -0.2) is 42.4 Å². The Labute approximate surface area is 112 Å². The van der Waals surface area contributed by atoms with Crippen LogP contribution >= 0.6 is 0 Å². The smallest absolute Gasteiger partial charge is 0.332 e. The fourth-order valence-corrected chi connectivity index (χ4v) is 2.41. The lowest BCUT2D eigenvalue weighted by Gasteiger charge is -2.16. The number of urea groups is 1. The molecule has 2 amide bonds. The summed E-state index contributed by atoms with van der Waals surface area (Å²) in [6.45, 7) is 3.23. The van der Waals surface area contributed by atoms with E-state index >= 15 is 0 Å². The van der Waals surface area contributed by atoms with Crippen LogP contribution in [0.1, 0.15) is 39.0 Å². The normalized spacial score (nSPS) is 27.8. The summed E-state index contributed by atoms with van der Waals surface area (Å²) in [6, 6.07) is -0.192. The van der Waals surface area contributed by atoms with E-state index in [2.05, 4.69) is 17.6 Å². The minimum atomic E-state index is -0.925. The second-order valence-corrected chi connectivity index (χ2v) is 5.58. The minimum absolute atomic E-state index is 0.187. The maximum Gasteiger partial charge on any atom is 0.332 e. The van der Waals surface area contributed by atoms with Gasteiger partial charge in [0.05, 0.1) is 6.10 Å². The van der Waals surface area contributed by atoms with Crippen LogP contribution in [0.3, 0.4) is 0 Å². The molecule has 108 valence electrons. The third-order valence-corrected chi connectivity index (χ3v) is 4.20. The van der Waals surface area contributed by atoms with Crippen molar-refractivity contribution in [1.29, 1.82) is 0 Å². The molecule has 2 unspecified atom stereocenters. The van der Waals surface area contributed by atoms with Crippen LogP contribution in [0.15, 0.2) is 0 Å². The maximum absolute atomic E-state index is 11.6. The Morgan fingerprint density at radius 2 is 2.05 bits per heavy atom. The van der Waals surface area contributed by atoms with E-state index < -0.39 is 12.1 Å². The summed E-state index contributed by atoms with van der Waals surface area (Å²) in [6.07, 6.45) is 3.76. The molecule has 1 heterocycles. The quantitative estimate of drug-likeness (QED) is 0.674. The largest absolute Gasteiger partial charge is 0.479 e. The van der Waals surface area contributed by atoms with E-state index in [-0.39, 0.29) is 12.1 Å². The summed E-state index contributed by atoms with van der Waals surface area (Å²) >= 11 is 0. The Morgan fingerprint density at radius 3 is 2.58 bits per heavy atom. The molecule has 0 radical (unpaired) electrons. The van der Waals surface area contributed by atoms with Gasteiger partial charge in [-0.2, -0.15) is 0 Å². The molecule has 1 saturated heterocycles. The molecule has 1 aliphatic carbocycles. The van der Waals surface area contributed by atoms with Crippen molar-refractivity contribution in [2.24, 2.45) is 5.41 Å². The fourth-order valence-electron chi connectivity index (χ4n) is 2.41. The Balaban J connectivity index is 1.60. The van der Waals surface area contributed by atoms with Gasteiger partial charge in [-0.25, -0.2) is 9.59 Å². The number of hydrogen-bond acceptors (Lipinski definition) is 3. The van der Waals surface area contributed by atoms with E-state index in [1.807, 2.05) is 0 Å². The van der Waals surface area contributed by atoms with Gasteiger partial charge in [0.2, 0.25) is 0 Å². The van der Waals surface area contributed by atoms with E-state index in [1.165, 1.54) is 12.8 Å². The Hall–Kier alpha value is -1.30. The van der Waals surface area contributed by atoms with Crippen molar-refractivity contribution in [2.75, 3.05) is 13.1 Å². The Kier molecular flexibility index (Phi) is 4.29. The van der Waals surface area contributed by atoms with Crippen LogP contribution in [0.2, 0.25) is 0 Å². The van der Waals surface area contributed by atoms with E-state index in [1.54, 1.807) is 0 Å². The van der Waals surface area contributed by atoms with Gasteiger partial charge in [-0.1, -0.05) is 6.92 Å². The topological polar surface area (TPSA) is 87.7 Å². The van der Waals surface area contributed by atoms with Crippen LogP contribution < -0.4 is 10.6 Å². The fraction of sp³-hybridized carbons (Fsp3) is 0.846. The zero-order chi connectivity index (χ0) is 13.9. The molecule has 0 bridgehead atoms. The van der Waals surface area contributed by atoms with E-state index in [9.17, 15) is 9.59 Å². The van der Waals surface area contributed by atoms with Gasteiger partial charge >= 0.3 is 12.0 Å². The lowest BCUT2D eigenvalue weighted by atomic mass is 10.0. The van der Waals surface area contributed by atoms with Gasteiger partial charge in [-0.15, -0.1) is 0 Å². The predicted molar refractivity (Wildman–Crippen MR) is 68.9 cm³/mol. The van der Waals surface area contributed by atoms with Gasteiger partial charge in [0.1, 0.15) is 0 Å². The van der Waals surface area contributed by atoms with E-state index in [0.717, 1.165) is 13.0 Å². The molecule has 1 saturated carbocycles. The number of carboxylic acid groups (broad SMARTS) is 1. The molecule has 6 nitrogen and oxygen atoms in total. The maximum atomic E-state index is 11.6. The van der Waals surface area contributed by atoms with Crippen LogP contribution in [0.5, 0.6) is 0 Å². The van der Waals surface area contributed by atoms with Crippen molar-refractivity contribution in [3.63, 3.8) is 0 Å². The standard InChI is InChI=1S/C13H22N2O4/c1-2-13(5-6-13)8-15-12(18)14-7-9-3-4-10(19-9)11(16)17/h9-10H,2-8H2,1H3,(H,16,17)(H2,14,15,18). The number of aliphatic carboxylic acids is 1. The molecule has 0 aromatic carbocycles. The van der Waals surface area contributed by atoms with Gasteiger partial charge in [-0.3, -0.25) is 0 Å². The highest BCUT2D eigenvalue weighted by molar-refractivity contribution is 5.74. The summed E-state index contributed by atoms with van der Waals surface area (Å²) in [5.74, 6) is -0.925. The first-order valence-electron chi connectivity index (χ1n) is 6.95. The second kappa shape index (κ2) is 5.77. The van der Waals surface area contributed by atoms with E-state index in [0.29, 0.717) is 24.8 Å². The second-order valence-electron chi connectivity index (χ2n) is 5.58. The van der Waals surface area contributed by atoms with Crippen molar-refractivity contribution in [1.82, 2.24) is 10.6 Å². The lowest BCUT2D eigenvalue weighted by molar-refractivity contribution is -0.149. The summed E-state index contributed by atoms with van der Waals surface area (Å²) in [7, 11) is 0. The summed E-state index contributed by atoms with van der Waals surface area (Å²) in [5, 5.41) is 14.4. The van der Waals surface area contributed by atoms with Crippen molar-refractivity contribution >= 4 is 12.0 Å². The van der Waals surface area contributed by atoms with Crippen molar-refractivity contribution in [2.45, 2.75) is 51.2 Å². The molecule has 2 aliphatic rings. The molecule has 19 heavy (non-hydrogen) atoms. The molecular weight excluding hydrogens is 248 g/mol. The minimum Gasteiger partial charge on any atom is -0.479 e. The molecule has 2 rings (SSSR count). The molecule has 2 fully saturated rings. The van der Waals surface area contributed by atoms with Crippen molar-refractivity contribution in [3.8, 4) is 0 Å². The first kappa shape index (κ1) is 14.1. The molecular formula is C13H22N2O4. The first-order chi connectivity index (χ1) is 9.04. The molecule has 0 spiro atoms. The summed E-state index contributed by atoms with van der Waals surface area (Å²) < 4.78 is 5.31. The molecule has 2 atom stereocenters. The number of ether oxygens (including phenoxy) is 1. The number of carbonyl (C=O) groups excluding carboxylic acids is 1. The SMILES string of the molecule is CCC1(CNC(=O)NCC2CCC(C(=O)O)O2)CC1. The van der Waals surface area contributed by atoms with Gasteiger partial charge in [0.25, 0.3) is 0 Å². The molecule has 0 aromatic heterocycles. The van der Waals surface area contributed by atoms with Crippen molar-refractivity contribution in [3.05, 3.63) is 0 Å². The number of nitrogens with one attached hydrogen (secondary N) is 2. The molecule has 3 N–H and O–H groups in total. The number of carboxylic acids is 1. The van der Waals surface area contributed by atoms with Crippen LogP contribution in [0.25, 0.3) is 0 Å². The highest BCUT2D eigenvalue weighted by atomic mass is 16.5. The van der Waals surface area contributed by atoms with Gasteiger partial charge in [0.15, 0.2) is 6.10 Å². The zero-order valence-electron chi connectivity index (χ0n) is 11.3. The first-order valence-corrected chi connectivity index (χ1v) is 6.95. The van der Waals surface area contributed by atoms with Gasteiger partial charge in [0, 0.05) is 13.1 Å². The summed E-state index contributed by atoms with van der Waals surface area (Å²) in [5.41, 5.74) is 0.329. The highest BCUT2D eigenvalue weighted by Crippen LogP contribution is 2.47. The number of hydrogen-bond donors (Lipinski definition) is 3. The zero-order valence-corrected chi connectivity index (χ0v) is 11.3. The van der Waals surface area contributed by atoms with Crippen LogP contribution in [-0.2, 0) is 9.53 Å². The third kappa shape index (κ3) is 3.83. The number of carbonyl (C=O) groups is 2. The molecule has 1 aliphatic heterocycles. The lowest BCUT2D eigenvalue weighted by Crippen LogP contribution is -2.42. The number of rotatable bonds is 6. The van der Waals surface area contributed by atoms with Crippen LogP contribution in [0, 0.1) is 5.41 Å². The third-order valence-electron chi connectivity index (χ3n) is 4.20. The van der Waals surface area contributed by atoms with Crippen molar-refractivity contribution < 1.29 is 19.4 Å². The highest BCUT2D eigenvalue weighted by Gasteiger charge is 2.40. The van der Waals surface area contributed by atoms with Gasteiger partial charge in [-0.05, 0) is 37.5 Å². The van der Waals surface area contributed by atoms with Crippen LogP contribution in [0.4, 0.5) is 4.79 Å². The molecule has 0 aromatic rings. The Bertz CT molecular complexity index is 355. The number of amides is 2. The molecule has 6 heteroatoms. The summed E-state index contributed by atoms with van der Waals surface area (Å²) in [4.78, 5) is 22.3. The average Bonchev–Trinajstić information content (AvgIpc) is 3.02.